The van der Waals surface area contributed by atoms with E-state index in [1.54, 1.807) is 0 Å². The Balaban J connectivity index is 2.42. The molecule has 2 aromatic rings. The number of rotatable bonds is 3. The highest BCUT2D eigenvalue weighted by molar-refractivity contribution is 7.92. The summed E-state index contributed by atoms with van der Waals surface area (Å²) in [6, 6.07) is 3.60. The Bertz CT molecular complexity index is 710. The van der Waals surface area contributed by atoms with Gasteiger partial charge in [-0.25, -0.2) is 9.37 Å². The molecule has 2 rings (SSSR count). The Morgan fingerprint density at radius 2 is 2.16 bits per heavy atom. The quantitative estimate of drug-likeness (QED) is 0.901. The molecule has 102 valence electrons. The van der Waals surface area contributed by atoms with E-state index in [4.69, 9.17) is 17.3 Å². The van der Waals surface area contributed by atoms with Gasteiger partial charge in [0.15, 0.2) is 10.8 Å². The topological polar surface area (TPSA) is 90.0 Å². The Morgan fingerprint density at radius 3 is 2.68 bits per heavy atom. The monoisotopic (exact) mass is 304 g/mol. The van der Waals surface area contributed by atoms with E-state index in [0.29, 0.717) is 0 Å². The van der Waals surface area contributed by atoms with Crippen molar-refractivity contribution in [2.45, 2.75) is 5.03 Å². The molecule has 1 heterocycles. The van der Waals surface area contributed by atoms with Gasteiger partial charge >= 0.3 is 0 Å². The molecule has 0 saturated carbocycles. The molecule has 9 heteroatoms. The van der Waals surface area contributed by atoms with E-state index >= 15 is 0 Å². The molecule has 0 aliphatic heterocycles. The molecule has 0 bridgehead atoms. The molecule has 0 atom stereocenters. The van der Waals surface area contributed by atoms with Crippen molar-refractivity contribution in [2.24, 2.45) is 7.05 Å². The Kier molecular flexibility index (Phi) is 3.38. The minimum atomic E-state index is -4.02. The standard InChI is InChI=1S/C10H10ClFN4O2S/c1-16-5-14-9(13)10(16)19(17,18)15-8-3-2-6(11)4-7(8)12/h2-5,15H,13H2,1H3. The van der Waals surface area contributed by atoms with Crippen LogP contribution in [0, 0.1) is 5.82 Å². The number of nitrogens with one attached hydrogen (secondary N) is 1. The second-order valence-electron chi connectivity index (χ2n) is 3.78. The summed E-state index contributed by atoms with van der Waals surface area (Å²) in [6.07, 6.45) is 1.25. The molecule has 3 N–H and O–H groups in total. The zero-order chi connectivity index (χ0) is 14.2. The van der Waals surface area contributed by atoms with Crippen molar-refractivity contribution in [1.29, 1.82) is 0 Å². The zero-order valence-corrected chi connectivity index (χ0v) is 11.3. The van der Waals surface area contributed by atoms with Gasteiger partial charge < -0.3 is 10.3 Å². The van der Waals surface area contributed by atoms with Crippen molar-refractivity contribution in [2.75, 3.05) is 10.5 Å². The summed E-state index contributed by atoms with van der Waals surface area (Å²) in [5.41, 5.74) is 5.26. The van der Waals surface area contributed by atoms with Gasteiger partial charge in [0.1, 0.15) is 5.82 Å². The lowest BCUT2D eigenvalue weighted by Crippen LogP contribution is -2.18. The van der Waals surface area contributed by atoms with Crippen LogP contribution in [0.2, 0.25) is 5.02 Å². The van der Waals surface area contributed by atoms with Gasteiger partial charge in [-0.2, -0.15) is 8.42 Å². The second kappa shape index (κ2) is 4.71. The lowest BCUT2D eigenvalue weighted by Gasteiger charge is -2.09. The first-order chi connectivity index (χ1) is 8.81. The maximum atomic E-state index is 13.6. The number of imidazole rings is 1. The van der Waals surface area contributed by atoms with Crippen molar-refractivity contribution in [3.63, 3.8) is 0 Å². The van der Waals surface area contributed by atoms with Crippen LogP contribution >= 0.6 is 11.6 Å². The molecule has 1 aromatic carbocycles. The highest BCUT2D eigenvalue weighted by atomic mass is 35.5. The first-order valence-corrected chi connectivity index (χ1v) is 6.92. The SMILES string of the molecule is Cn1cnc(N)c1S(=O)(=O)Nc1ccc(Cl)cc1F. The van der Waals surface area contributed by atoms with E-state index in [0.717, 1.165) is 6.07 Å². The molecular formula is C10H10ClFN4O2S. The van der Waals surface area contributed by atoms with Crippen molar-refractivity contribution in [3.8, 4) is 0 Å². The summed E-state index contributed by atoms with van der Waals surface area (Å²) in [7, 11) is -2.56. The van der Waals surface area contributed by atoms with E-state index in [-0.39, 0.29) is 21.6 Å². The summed E-state index contributed by atoms with van der Waals surface area (Å²) in [6.45, 7) is 0. The third-order valence-electron chi connectivity index (χ3n) is 2.34. The van der Waals surface area contributed by atoms with Crippen LogP contribution in [0.5, 0.6) is 0 Å². The first kappa shape index (κ1) is 13.6. The van der Waals surface area contributed by atoms with Crippen molar-refractivity contribution < 1.29 is 12.8 Å². The second-order valence-corrected chi connectivity index (χ2v) is 5.81. The number of aromatic nitrogens is 2. The van der Waals surface area contributed by atoms with Crippen molar-refractivity contribution in [3.05, 3.63) is 35.4 Å². The number of benzene rings is 1. The van der Waals surface area contributed by atoms with E-state index in [2.05, 4.69) is 9.71 Å². The van der Waals surface area contributed by atoms with E-state index in [1.807, 2.05) is 0 Å². The van der Waals surface area contributed by atoms with Gasteiger partial charge in [-0.05, 0) is 18.2 Å². The predicted octanol–water partition coefficient (Wildman–Crippen LogP) is 1.60. The fourth-order valence-corrected chi connectivity index (χ4v) is 2.99. The van der Waals surface area contributed by atoms with Crippen LogP contribution in [-0.2, 0) is 17.1 Å². The first-order valence-electron chi connectivity index (χ1n) is 5.06. The highest BCUT2D eigenvalue weighted by Crippen LogP contribution is 2.23. The Morgan fingerprint density at radius 1 is 1.47 bits per heavy atom. The smallest absolute Gasteiger partial charge is 0.281 e. The van der Waals surface area contributed by atoms with Crippen LogP contribution in [0.1, 0.15) is 0 Å². The minimum Gasteiger partial charge on any atom is -0.381 e. The molecule has 19 heavy (non-hydrogen) atoms. The van der Waals surface area contributed by atoms with Gasteiger partial charge in [0.2, 0.25) is 0 Å². The molecule has 6 nitrogen and oxygen atoms in total. The maximum Gasteiger partial charge on any atom is 0.281 e. The molecule has 0 radical (unpaired) electrons. The Labute approximate surface area is 114 Å². The van der Waals surface area contributed by atoms with Crippen LogP contribution in [0.4, 0.5) is 15.9 Å². The van der Waals surface area contributed by atoms with E-state index in [9.17, 15) is 12.8 Å². The van der Waals surface area contributed by atoms with Gasteiger partial charge in [0.25, 0.3) is 10.0 Å². The third-order valence-corrected chi connectivity index (χ3v) is 4.07. The van der Waals surface area contributed by atoms with Gasteiger partial charge in [0, 0.05) is 12.1 Å². The molecule has 0 spiro atoms. The molecule has 0 fully saturated rings. The van der Waals surface area contributed by atoms with Crippen LogP contribution in [0.3, 0.4) is 0 Å². The number of nitrogens with zero attached hydrogens (tertiary/aromatic N) is 2. The fraction of sp³-hybridized carbons (Fsp3) is 0.100. The molecular weight excluding hydrogens is 295 g/mol. The largest absolute Gasteiger partial charge is 0.381 e. The predicted molar refractivity (Wildman–Crippen MR) is 69.8 cm³/mol. The van der Waals surface area contributed by atoms with Gasteiger partial charge in [-0.15, -0.1) is 0 Å². The molecule has 0 unspecified atom stereocenters. The number of anilines is 2. The van der Waals surface area contributed by atoms with Crippen LogP contribution in [-0.4, -0.2) is 18.0 Å². The van der Waals surface area contributed by atoms with Gasteiger partial charge in [-0.1, -0.05) is 11.6 Å². The minimum absolute atomic E-state index is 0.163. The third kappa shape index (κ3) is 2.64. The van der Waals surface area contributed by atoms with Gasteiger partial charge in [0.05, 0.1) is 12.0 Å². The lowest BCUT2D eigenvalue weighted by molar-refractivity contribution is 0.589. The van der Waals surface area contributed by atoms with E-state index in [1.165, 1.54) is 30.1 Å². The van der Waals surface area contributed by atoms with Gasteiger partial charge in [-0.3, -0.25) is 4.72 Å². The summed E-state index contributed by atoms with van der Waals surface area (Å²) < 4.78 is 41.1. The highest BCUT2D eigenvalue weighted by Gasteiger charge is 2.23. The molecule has 0 aliphatic rings. The average molecular weight is 305 g/mol. The molecule has 0 aliphatic carbocycles. The average Bonchev–Trinajstić information content (AvgIpc) is 2.63. The molecule has 0 amide bonds. The number of hydrogen-bond acceptors (Lipinski definition) is 4. The summed E-state index contributed by atoms with van der Waals surface area (Å²) >= 11 is 5.59. The van der Waals surface area contributed by atoms with Crippen LogP contribution in [0.25, 0.3) is 0 Å². The number of hydrogen-bond donors (Lipinski definition) is 2. The summed E-state index contributed by atoms with van der Waals surface area (Å²) in [5, 5.41) is -0.0673. The Hall–Kier alpha value is -1.80. The molecule has 0 saturated heterocycles. The fourth-order valence-electron chi connectivity index (χ4n) is 1.53. The molecule has 1 aromatic heterocycles. The maximum absolute atomic E-state index is 13.6. The van der Waals surface area contributed by atoms with Crippen LogP contribution < -0.4 is 10.5 Å². The number of halogens is 2. The number of nitrogens with two attached hydrogens (primary N) is 1. The lowest BCUT2D eigenvalue weighted by atomic mass is 10.3. The van der Waals surface area contributed by atoms with E-state index < -0.39 is 15.8 Å². The van der Waals surface area contributed by atoms with Crippen molar-refractivity contribution in [1.82, 2.24) is 9.55 Å². The summed E-state index contributed by atoms with van der Waals surface area (Å²) in [5.74, 6) is -0.943. The zero-order valence-electron chi connectivity index (χ0n) is 9.76. The normalized spacial score (nSPS) is 11.5. The number of aryl methyl sites for hydroxylation is 1. The number of nitrogen functional groups attached to an aromatic ring is 1. The van der Waals surface area contributed by atoms with Crippen molar-refractivity contribution >= 4 is 33.1 Å². The summed E-state index contributed by atoms with van der Waals surface area (Å²) in [4.78, 5) is 3.67. The number of sulfonamides is 1. The van der Waals surface area contributed by atoms with Crippen LogP contribution in [0.15, 0.2) is 29.6 Å².